The number of nitrogens with one attached hydrogen (secondary N) is 1. The number of carbonyl (C=O) groups excluding carboxylic acids is 1. The zero-order valence-corrected chi connectivity index (χ0v) is 10.2. The molecule has 0 unspecified atom stereocenters. The number of anilines is 1. The molecule has 0 fully saturated rings. The summed E-state index contributed by atoms with van der Waals surface area (Å²) in [5.74, 6) is -0.112. The van der Waals surface area contributed by atoms with E-state index in [-0.39, 0.29) is 5.91 Å². The van der Waals surface area contributed by atoms with Crippen molar-refractivity contribution in [3.05, 3.63) is 65.7 Å². The molecule has 0 bridgehead atoms. The molecule has 92 valence electrons. The summed E-state index contributed by atoms with van der Waals surface area (Å²) in [7, 11) is 1.64. The van der Waals surface area contributed by atoms with Crippen LogP contribution in [0.2, 0.25) is 0 Å². The largest absolute Gasteiger partial charge is 0.380 e. The van der Waals surface area contributed by atoms with Gasteiger partial charge in [0.15, 0.2) is 0 Å². The molecule has 1 amide bonds. The molecule has 0 spiro atoms. The third-order valence-corrected chi connectivity index (χ3v) is 2.53. The van der Waals surface area contributed by atoms with Gasteiger partial charge >= 0.3 is 0 Å². The van der Waals surface area contributed by atoms with Gasteiger partial charge in [-0.3, -0.25) is 4.79 Å². The van der Waals surface area contributed by atoms with Crippen LogP contribution in [0.4, 0.5) is 5.69 Å². The summed E-state index contributed by atoms with van der Waals surface area (Å²) in [5, 5.41) is 2.85. The molecule has 2 aromatic carbocycles. The molecule has 2 aromatic rings. The fourth-order valence-electron chi connectivity index (χ4n) is 1.69. The molecule has 0 aliphatic rings. The van der Waals surface area contributed by atoms with E-state index in [1.807, 2.05) is 48.5 Å². The molecule has 1 N–H and O–H groups in total. The van der Waals surface area contributed by atoms with Gasteiger partial charge in [-0.25, -0.2) is 0 Å². The highest BCUT2D eigenvalue weighted by molar-refractivity contribution is 6.04. The first-order chi connectivity index (χ1) is 8.79. The van der Waals surface area contributed by atoms with Gasteiger partial charge < -0.3 is 10.1 Å². The first-order valence-corrected chi connectivity index (χ1v) is 5.74. The van der Waals surface area contributed by atoms with Crippen molar-refractivity contribution in [2.75, 3.05) is 12.4 Å². The summed E-state index contributed by atoms with van der Waals surface area (Å²) >= 11 is 0. The number of hydrogen-bond donors (Lipinski definition) is 1. The Labute approximate surface area is 106 Å². The quantitative estimate of drug-likeness (QED) is 0.893. The molecule has 2 rings (SSSR count). The minimum atomic E-state index is -0.112. The lowest BCUT2D eigenvalue weighted by Gasteiger charge is -2.06. The number of amides is 1. The number of carbonyl (C=O) groups is 1. The summed E-state index contributed by atoms with van der Waals surface area (Å²) < 4.78 is 5.05. The number of hydrogen-bond acceptors (Lipinski definition) is 2. The molecular formula is C15H15NO2. The second kappa shape index (κ2) is 5.98. The molecule has 0 aliphatic heterocycles. The molecule has 3 nitrogen and oxygen atoms in total. The number of benzene rings is 2. The van der Waals surface area contributed by atoms with Crippen LogP contribution in [0.25, 0.3) is 0 Å². The van der Waals surface area contributed by atoms with E-state index < -0.39 is 0 Å². The molecule has 0 atom stereocenters. The van der Waals surface area contributed by atoms with Gasteiger partial charge in [-0.05, 0) is 29.8 Å². The Morgan fingerprint density at radius 3 is 2.61 bits per heavy atom. The first kappa shape index (κ1) is 12.3. The van der Waals surface area contributed by atoms with Crippen molar-refractivity contribution >= 4 is 11.6 Å². The van der Waals surface area contributed by atoms with Crippen LogP contribution in [0.3, 0.4) is 0 Å². The van der Waals surface area contributed by atoms with Crippen LogP contribution >= 0.6 is 0 Å². The zero-order valence-electron chi connectivity index (χ0n) is 10.2. The number of para-hydroxylation sites is 1. The van der Waals surface area contributed by atoms with Crippen LogP contribution in [0.5, 0.6) is 0 Å². The van der Waals surface area contributed by atoms with E-state index in [9.17, 15) is 4.79 Å². The Morgan fingerprint density at radius 2 is 1.89 bits per heavy atom. The van der Waals surface area contributed by atoms with Crippen molar-refractivity contribution in [3.8, 4) is 0 Å². The van der Waals surface area contributed by atoms with Gasteiger partial charge in [0, 0.05) is 18.4 Å². The number of rotatable bonds is 4. The van der Waals surface area contributed by atoms with Crippen LogP contribution in [0, 0.1) is 0 Å². The van der Waals surface area contributed by atoms with Gasteiger partial charge in [-0.1, -0.05) is 30.3 Å². The number of ether oxygens (including phenoxy) is 1. The lowest BCUT2D eigenvalue weighted by molar-refractivity contribution is 0.102. The second-order valence-electron chi connectivity index (χ2n) is 3.95. The smallest absolute Gasteiger partial charge is 0.255 e. The molecule has 18 heavy (non-hydrogen) atoms. The van der Waals surface area contributed by atoms with Crippen molar-refractivity contribution in [2.24, 2.45) is 0 Å². The van der Waals surface area contributed by atoms with Crippen LogP contribution in [-0.2, 0) is 11.3 Å². The van der Waals surface area contributed by atoms with Crippen molar-refractivity contribution in [3.63, 3.8) is 0 Å². The fraction of sp³-hybridized carbons (Fsp3) is 0.133. The standard InChI is InChI=1S/C15H15NO2/c1-18-11-12-6-5-7-13(10-12)15(17)16-14-8-3-2-4-9-14/h2-10H,11H2,1H3,(H,16,17). The topological polar surface area (TPSA) is 38.3 Å². The Kier molecular flexibility index (Phi) is 4.10. The van der Waals surface area contributed by atoms with Crippen molar-refractivity contribution < 1.29 is 9.53 Å². The van der Waals surface area contributed by atoms with Crippen LogP contribution < -0.4 is 5.32 Å². The Bertz CT molecular complexity index is 523. The van der Waals surface area contributed by atoms with Crippen molar-refractivity contribution in [2.45, 2.75) is 6.61 Å². The van der Waals surface area contributed by atoms with E-state index >= 15 is 0 Å². The van der Waals surface area contributed by atoms with E-state index in [1.165, 1.54) is 0 Å². The van der Waals surface area contributed by atoms with Gasteiger partial charge in [0.2, 0.25) is 0 Å². The number of methoxy groups -OCH3 is 1. The fourth-order valence-corrected chi connectivity index (χ4v) is 1.69. The highest BCUT2D eigenvalue weighted by Crippen LogP contribution is 2.10. The Balaban J connectivity index is 2.11. The molecule has 0 aromatic heterocycles. The molecule has 3 heteroatoms. The predicted molar refractivity (Wildman–Crippen MR) is 71.6 cm³/mol. The molecule has 0 heterocycles. The van der Waals surface area contributed by atoms with E-state index in [4.69, 9.17) is 4.74 Å². The summed E-state index contributed by atoms with van der Waals surface area (Å²) in [4.78, 5) is 12.0. The van der Waals surface area contributed by atoms with Gasteiger partial charge in [0.05, 0.1) is 6.61 Å². The van der Waals surface area contributed by atoms with E-state index in [2.05, 4.69) is 5.32 Å². The minimum Gasteiger partial charge on any atom is -0.380 e. The maximum atomic E-state index is 12.0. The van der Waals surface area contributed by atoms with Gasteiger partial charge in [-0.2, -0.15) is 0 Å². The Morgan fingerprint density at radius 1 is 1.11 bits per heavy atom. The Hall–Kier alpha value is -2.13. The van der Waals surface area contributed by atoms with E-state index in [1.54, 1.807) is 13.2 Å². The molecule has 0 aliphatic carbocycles. The molecular weight excluding hydrogens is 226 g/mol. The van der Waals surface area contributed by atoms with Gasteiger partial charge in [0.1, 0.15) is 0 Å². The highest BCUT2D eigenvalue weighted by atomic mass is 16.5. The average molecular weight is 241 g/mol. The maximum Gasteiger partial charge on any atom is 0.255 e. The summed E-state index contributed by atoms with van der Waals surface area (Å²) in [5.41, 5.74) is 2.41. The molecule has 0 saturated carbocycles. The van der Waals surface area contributed by atoms with E-state index in [0.29, 0.717) is 12.2 Å². The zero-order chi connectivity index (χ0) is 12.8. The van der Waals surface area contributed by atoms with Crippen LogP contribution in [-0.4, -0.2) is 13.0 Å². The SMILES string of the molecule is COCc1cccc(C(=O)Nc2ccccc2)c1. The van der Waals surface area contributed by atoms with Gasteiger partial charge in [-0.15, -0.1) is 0 Å². The van der Waals surface area contributed by atoms with Crippen molar-refractivity contribution in [1.82, 2.24) is 0 Å². The monoisotopic (exact) mass is 241 g/mol. The van der Waals surface area contributed by atoms with Crippen LogP contribution in [0.15, 0.2) is 54.6 Å². The average Bonchev–Trinajstić information content (AvgIpc) is 2.40. The summed E-state index contributed by atoms with van der Waals surface area (Å²) in [6.07, 6.45) is 0. The van der Waals surface area contributed by atoms with E-state index in [0.717, 1.165) is 11.3 Å². The minimum absolute atomic E-state index is 0.112. The summed E-state index contributed by atoms with van der Waals surface area (Å²) in [6.45, 7) is 0.506. The predicted octanol–water partition coefficient (Wildman–Crippen LogP) is 3.09. The third kappa shape index (κ3) is 3.18. The maximum absolute atomic E-state index is 12.0. The first-order valence-electron chi connectivity index (χ1n) is 5.74. The lowest BCUT2D eigenvalue weighted by atomic mass is 10.1. The van der Waals surface area contributed by atoms with Gasteiger partial charge in [0.25, 0.3) is 5.91 Å². The normalized spacial score (nSPS) is 10.1. The van der Waals surface area contributed by atoms with Crippen LogP contribution in [0.1, 0.15) is 15.9 Å². The lowest BCUT2D eigenvalue weighted by Crippen LogP contribution is -2.12. The van der Waals surface area contributed by atoms with Crippen molar-refractivity contribution in [1.29, 1.82) is 0 Å². The second-order valence-corrected chi connectivity index (χ2v) is 3.95. The summed E-state index contributed by atoms with van der Waals surface area (Å²) in [6, 6.07) is 16.8. The highest BCUT2D eigenvalue weighted by Gasteiger charge is 2.06. The molecule has 0 radical (unpaired) electrons. The molecule has 0 saturated heterocycles. The third-order valence-electron chi connectivity index (χ3n) is 2.53.